The Balaban J connectivity index is 1.52. The van der Waals surface area contributed by atoms with E-state index in [1.807, 2.05) is 48.5 Å². The summed E-state index contributed by atoms with van der Waals surface area (Å²) in [4.78, 5) is 24.2. The summed E-state index contributed by atoms with van der Waals surface area (Å²) in [5.74, 6) is 0.248. The molecule has 136 valence electrons. The molecule has 0 saturated heterocycles. The summed E-state index contributed by atoms with van der Waals surface area (Å²) in [5.41, 5.74) is 2.16. The maximum Gasteiger partial charge on any atom is 0.262 e. The first-order valence-electron chi connectivity index (χ1n) is 8.60. The molecule has 0 spiro atoms. The van der Waals surface area contributed by atoms with Gasteiger partial charge in [0.15, 0.2) is 6.61 Å². The van der Waals surface area contributed by atoms with Gasteiger partial charge in [-0.15, -0.1) is 0 Å². The molecule has 3 rings (SSSR count). The van der Waals surface area contributed by atoms with Crippen molar-refractivity contribution in [1.82, 2.24) is 0 Å². The molecule has 27 heavy (non-hydrogen) atoms. The zero-order valence-electron chi connectivity index (χ0n) is 14.7. The fourth-order valence-corrected chi connectivity index (χ4v) is 2.52. The van der Waals surface area contributed by atoms with Crippen LogP contribution in [0.5, 0.6) is 5.75 Å². The molecule has 5 heteroatoms. The van der Waals surface area contributed by atoms with E-state index in [-0.39, 0.29) is 18.4 Å². The first-order valence-corrected chi connectivity index (χ1v) is 8.60. The standard InChI is InChI=1S/C22H20N2O3/c25-21(14-17-8-3-1-4-9-17)23-18-10-7-11-19(15-18)24-22(26)16-27-20-12-5-2-6-13-20/h1-13,15H,14,16H2,(H,23,25)(H,24,26). The number of hydrogen-bond donors (Lipinski definition) is 2. The molecule has 0 fully saturated rings. The zero-order valence-corrected chi connectivity index (χ0v) is 14.7. The summed E-state index contributed by atoms with van der Waals surface area (Å²) in [6.07, 6.45) is 0.294. The summed E-state index contributed by atoms with van der Waals surface area (Å²) in [6, 6.07) is 25.7. The average Bonchev–Trinajstić information content (AvgIpc) is 2.68. The summed E-state index contributed by atoms with van der Waals surface area (Å²) < 4.78 is 5.42. The van der Waals surface area contributed by atoms with Crippen LogP contribution in [0.3, 0.4) is 0 Å². The Morgan fingerprint density at radius 2 is 1.30 bits per heavy atom. The lowest BCUT2D eigenvalue weighted by molar-refractivity contribution is -0.118. The predicted octanol–water partition coefficient (Wildman–Crippen LogP) is 3.89. The molecule has 2 amide bonds. The highest BCUT2D eigenvalue weighted by Gasteiger charge is 2.07. The number of para-hydroxylation sites is 1. The van der Waals surface area contributed by atoms with Crippen LogP contribution in [0.15, 0.2) is 84.9 Å². The van der Waals surface area contributed by atoms with Gasteiger partial charge in [0.2, 0.25) is 5.91 Å². The number of carbonyl (C=O) groups is 2. The second-order valence-electron chi connectivity index (χ2n) is 5.94. The SMILES string of the molecule is O=C(COc1ccccc1)Nc1cccc(NC(=O)Cc2ccccc2)c1. The lowest BCUT2D eigenvalue weighted by atomic mass is 10.1. The second kappa shape index (κ2) is 9.20. The first-order chi connectivity index (χ1) is 13.2. The molecule has 2 N–H and O–H groups in total. The van der Waals surface area contributed by atoms with E-state index in [0.29, 0.717) is 23.5 Å². The number of nitrogens with one attached hydrogen (secondary N) is 2. The van der Waals surface area contributed by atoms with Crippen molar-refractivity contribution in [2.75, 3.05) is 17.2 Å². The molecule has 0 aromatic heterocycles. The van der Waals surface area contributed by atoms with Crippen LogP contribution in [-0.2, 0) is 16.0 Å². The molecule has 5 nitrogen and oxygen atoms in total. The average molecular weight is 360 g/mol. The number of carbonyl (C=O) groups excluding carboxylic acids is 2. The van der Waals surface area contributed by atoms with Crippen LogP contribution in [0, 0.1) is 0 Å². The Morgan fingerprint density at radius 1 is 0.704 bits per heavy atom. The topological polar surface area (TPSA) is 67.4 Å². The molecule has 0 aliphatic rings. The first kappa shape index (κ1) is 18.2. The maximum atomic E-state index is 12.2. The van der Waals surface area contributed by atoms with Crippen LogP contribution >= 0.6 is 0 Å². The monoisotopic (exact) mass is 360 g/mol. The molecule has 0 heterocycles. The van der Waals surface area contributed by atoms with Crippen LogP contribution in [0.2, 0.25) is 0 Å². The summed E-state index contributed by atoms with van der Waals surface area (Å²) in [6.45, 7) is -0.0887. The fraction of sp³-hybridized carbons (Fsp3) is 0.0909. The highest BCUT2D eigenvalue weighted by atomic mass is 16.5. The van der Waals surface area contributed by atoms with Gasteiger partial charge in [-0.3, -0.25) is 9.59 Å². The Kier molecular flexibility index (Phi) is 6.20. The van der Waals surface area contributed by atoms with Crippen LogP contribution in [-0.4, -0.2) is 18.4 Å². The minimum Gasteiger partial charge on any atom is -0.484 e. The van der Waals surface area contributed by atoms with Gasteiger partial charge in [0.05, 0.1) is 6.42 Å². The normalized spacial score (nSPS) is 10.1. The van der Waals surface area contributed by atoms with Gasteiger partial charge in [0.1, 0.15) is 5.75 Å². The molecule has 0 radical (unpaired) electrons. The minimum absolute atomic E-state index is 0.0887. The van der Waals surface area contributed by atoms with Crippen LogP contribution in [0.1, 0.15) is 5.56 Å². The van der Waals surface area contributed by atoms with Crippen molar-refractivity contribution in [3.05, 3.63) is 90.5 Å². The van der Waals surface area contributed by atoms with E-state index in [0.717, 1.165) is 5.56 Å². The Hall–Kier alpha value is -3.60. The third-order valence-corrected chi connectivity index (χ3v) is 3.75. The van der Waals surface area contributed by atoms with Gasteiger partial charge in [-0.2, -0.15) is 0 Å². The van der Waals surface area contributed by atoms with Crippen LogP contribution in [0.4, 0.5) is 11.4 Å². The molecule has 3 aromatic rings. The summed E-state index contributed by atoms with van der Waals surface area (Å²) >= 11 is 0. The number of anilines is 2. The largest absolute Gasteiger partial charge is 0.484 e. The molecule has 0 aliphatic heterocycles. The number of rotatable bonds is 7. The number of benzene rings is 3. The molecule has 0 aliphatic carbocycles. The molecular formula is C22H20N2O3. The van der Waals surface area contributed by atoms with E-state index in [9.17, 15) is 9.59 Å². The van der Waals surface area contributed by atoms with Crippen molar-refractivity contribution in [1.29, 1.82) is 0 Å². The molecule has 0 saturated carbocycles. The number of hydrogen-bond acceptors (Lipinski definition) is 3. The molecule has 3 aromatic carbocycles. The molecular weight excluding hydrogens is 340 g/mol. The van der Waals surface area contributed by atoms with E-state index in [1.165, 1.54) is 0 Å². The number of ether oxygens (including phenoxy) is 1. The van der Waals surface area contributed by atoms with E-state index in [2.05, 4.69) is 10.6 Å². The highest BCUT2D eigenvalue weighted by Crippen LogP contribution is 2.16. The third-order valence-electron chi connectivity index (χ3n) is 3.75. The fourth-order valence-electron chi connectivity index (χ4n) is 2.52. The lowest BCUT2D eigenvalue weighted by Gasteiger charge is -2.10. The lowest BCUT2D eigenvalue weighted by Crippen LogP contribution is -2.20. The molecule has 0 atom stereocenters. The van der Waals surface area contributed by atoms with Crippen molar-refractivity contribution < 1.29 is 14.3 Å². The highest BCUT2D eigenvalue weighted by molar-refractivity contribution is 5.95. The van der Waals surface area contributed by atoms with Crippen molar-refractivity contribution >= 4 is 23.2 Å². The van der Waals surface area contributed by atoms with Gasteiger partial charge >= 0.3 is 0 Å². The predicted molar refractivity (Wildman–Crippen MR) is 106 cm³/mol. The van der Waals surface area contributed by atoms with Gasteiger partial charge in [-0.1, -0.05) is 54.6 Å². The van der Waals surface area contributed by atoms with E-state index in [1.54, 1.807) is 36.4 Å². The summed E-state index contributed by atoms with van der Waals surface area (Å²) in [5, 5.41) is 5.60. The van der Waals surface area contributed by atoms with Gasteiger partial charge < -0.3 is 15.4 Å². The van der Waals surface area contributed by atoms with Crippen LogP contribution < -0.4 is 15.4 Å². The Bertz CT molecular complexity index is 896. The van der Waals surface area contributed by atoms with Crippen molar-refractivity contribution in [3.63, 3.8) is 0 Å². The second-order valence-corrected chi connectivity index (χ2v) is 5.94. The number of amides is 2. The molecule has 0 unspecified atom stereocenters. The zero-order chi connectivity index (χ0) is 18.9. The van der Waals surface area contributed by atoms with Crippen molar-refractivity contribution in [3.8, 4) is 5.75 Å². The maximum absolute atomic E-state index is 12.2. The van der Waals surface area contributed by atoms with Crippen molar-refractivity contribution in [2.24, 2.45) is 0 Å². The van der Waals surface area contributed by atoms with Crippen LogP contribution in [0.25, 0.3) is 0 Å². The minimum atomic E-state index is -0.272. The molecule has 0 bridgehead atoms. The van der Waals surface area contributed by atoms with Gasteiger partial charge in [0.25, 0.3) is 5.91 Å². The quantitative estimate of drug-likeness (QED) is 0.672. The van der Waals surface area contributed by atoms with Crippen molar-refractivity contribution in [2.45, 2.75) is 6.42 Å². The van der Waals surface area contributed by atoms with E-state index >= 15 is 0 Å². The summed E-state index contributed by atoms with van der Waals surface area (Å²) in [7, 11) is 0. The Morgan fingerprint density at radius 3 is 1.96 bits per heavy atom. The van der Waals surface area contributed by atoms with E-state index in [4.69, 9.17) is 4.74 Å². The van der Waals surface area contributed by atoms with Gasteiger partial charge in [0, 0.05) is 11.4 Å². The smallest absolute Gasteiger partial charge is 0.262 e. The van der Waals surface area contributed by atoms with Gasteiger partial charge in [-0.05, 0) is 35.9 Å². The van der Waals surface area contributed by atoms with E-state index < -0.39 is 0 Å². The third kappa shape index (κ3) is 6.01. The Labute approximate surface area is 158 Å². The van der Waals surface area contributed by atoms with Gasteiger partial charge in [-0.25, -0.2) is 0 Å².